The van der Waals surface area contributed by atoms with Crippen LogP contribution in [0.4, 0.5) is 0 Å². The van der Waals surface area contributed by atoms with Crippen molar-refractivity contribution in [3.63, 3.8) is 0 Å². The summed E-state index contributed by atoms with van der Waals surface area (Å²) in [6, 6.07) is 20.0. The molecule has 2 aromatic carbocycles. The lowest BCUT2D eigenvalue weighted by Gasteiger charge is -2.09. The second-order valence-corrected chi connectivity index (χ2v) is 5.33. The van der Waals surface area contributed by atoms with Crippen molar-refractivity contribution in [2.75, 3.05) is 7.11 Å². The van der Waals surface area contributed by atoms with E-state index in [1.165, 1.54) is 0 Å². The van der Waals surface area contributed by atoms with E-state index in [2.05, 4.69) is 10.3 Å². The second-order valence-electron chi connectivity index (χ2n) is 5.33. The van der Waals surface area contributed by atoms with Crippen LogP contribution in [0.25, 0.3) is 0 Å². The Labute approximate surface area is 146 Å². The number of carbonyl (C=O) groups excluding carboxylic acids is 1. The molecule has 5 nitrogen and oxygen atoms in total. The zero-order valence-corrected chi connectivity index (χ0v) is 13.8. The Morgan fingerprint density at radius 2 is 1.84 bits per heavy atom. The third-order valence-electron chi connectivity index (χ3n) is 3.54. The molecular formula is C20H18N2O3. The van der Waals surface area contributed by atoms with Crippen molar-refractivity contribution in [1.29, 1.82) is 0 Å². The Hall–Kier alpha value is -3.34. The number of methoxy groups -OCH3 is 1. The fraction of sp³-hybridized carbons (Fsp3) is 0.100. The number of hydrogen-bond acceptors (Lipinski definition) is 4. The first kappa shape index (κ1) is 16.5. The van der Waals surface area contributed by atoms with Gasteiger partial charge in [-0.05, 0) is 42.0 Å². The van der Waals surface area contributed by atoms with Gasteiger partial charge in [0, 0.05) is 24.4 Å². The lowest BCUT2D eigenvalue weighted by molar-refractivity contribution is 0.0950. The fourth-order valence-corrected chi connectivity index (χ4v) is 2.30. The second kappa shape index (κ2) is 7.97. The lowest BCUT2D eigenvalue weighted by Crippen LogP contribution is -2.22. The molecular weight excluding hydrogens is 316 g/mol. The summed E-state index contributed by atoms with van der Waals surface area (Å²) in [4.78, 5) is 16.5. The highest BCUT2D eigenvalue weighted by atomic mass is 16.5. The third-order valence-corrected chi connectivity index (χ3v) is 3.54. The lowest BCUT2D eigenvalue weighted by atomic mass is 10.2. The van der Waals surface area contributed by atoms with Crippen molar-refractivity contribution in [3.05, 3.63) is 84.1 Å². The Morgan fingerprint density at radius 1 is 1.00 bits per heavy atom. The summed E-state index contributed by atoms with van der Waals surface area (Å²) in [5.41, 5.74) is 1.49. The summed E-state index contributed by atoms with van der Waals surface area (Å²) in [5.74, 6) is 1.64. The van der Waals surface area contributed by atoms with E-state index in [9.17, 15) is 4.79 Å². The molecule has 0 spiro atoms. The van der Waals surface area contributed by atoms with Crippen LogP contribution >= 0.6 is 0 Å². The van der Waals surface area contributed by atoms with Crippen LogP contribution in [0, 0.1) is 0 Å². The highest BCUT2D eigenvalue weighted by Gasteiger charge is 2.08. The van der Waals surface area contributed by atoms with Gasteiger partial charge in [0.05, 0.1) is 7.11 Å². The Kier molecular flexibility index (Phi) is 5.26. The first-order valence-corrected chi connectivity index (χ1v) is 7.85. The molecule has 0 aliphatic heterocycles. The van der Waals surface area contributed by atoms with Crippen LogP contribution in [0.2, 0.25) is 0 Å². The molecule has 1 heterocycles. The number of nitrogens with zero attached hydrogens (tertiary/aromatic N) is 1. The van der Waals surface area contributed by atoms with E-state index in [1.807, 2.05) is 36.4 Å². The first-order valence-electron chi connectivity index (χ1n) is 7.85. The van der Waals surface area contributed by atoms with Crippen LogP contribution in [0.1, 0.15) is 15.9 Å². The summed E-state index contributed by atoms with van der Waals surface area (Å²) < 4.78 is 10.8. The molecule has 0 saturated heterocycles. The van der Waals surface area contributed by atoms with Crippen molar-refractivity contribution in [3.8, 4) is 17.4 Å². The fourth-order valence-electron chi connectivity index (χ4n) is 2.30. The monoisotopic (exact) mass is 334 g/mol. The molecule has 0 aliphatic carbocycles. The van der Waals surface area contributed by atoms with Crippen LogP contribution in [-0.2, 0) is 6.54 Å². The number of amides is 1. The smallest absolute Gasteiger partial charge is 0.251 e. The first-order chi connectivity index (χ1) is 12.2. The Balaban J connectivity index is 1.64. The van der Waals surface area contributed by atoms with Gasteiger partial charge in [0.15, 0.2) is 0 Å². The van der Waals surface area contributed by atoms with Gasteiger partial charge in [-0.25, -0.2) is 4.98 Å². The largest absolute Gasteiger partial charge is 0.497 e. The number of carbonyl (C=O) groups is 1. The Bertz CT molecular complexity index is 850. The minimum atomic E-state index is -0.172. The van der Waals surface area contributed by atoms with Gasteiger partial charge in [-0.3, -0.25) is 4.79 Å². The summed E-state index contributed by atoms with van der Waals surface area (Å²) in [5, 5.41) is 2.89. The number of aromatic nitrogens is 1. The molecule has 25 heavy (non-hydrogen) atoms. The predicted octanol–water partition coefficient (Wildman–Crippen LogP) is 3.81. The predicted molar refractivity (Wildman–Crippen MR) is 94.9 cm³/mol. The highest BCUT2D eigenvalue weighted by molar-refractivity contribution is 5.94. The third kappa shape index (κ3) is 4.57. The molecule has 5 heteroatoms. The maximum Gasteiger partial charge on any atom is 0.251 e. The molecule has 0 unspecified atom stereocenters. The molecule has 1 aromatic heterocycles. The van der Waals surface area contributed by atoms with E-state index in [0.717, 1.165) is 11.3 Å². The SMILES string of the molecule is COc1cccc(CNC(=O)c2cccc(Oc3ccccn3)c2)c1. The van der Waals surface area contributed by atoms with Crippen molar-refractivity contribution < 1.29 is 14.3 Å². The quantitative estimate of drug-likeness (QED) is 0.744. The van der Waals surface area contributed by atoms with Gasteiger partial charge >= 0.3 is 0 Å². The zero-order chi connectivity index (χ0) is 17.5. The van der Waals surface area contributed by atoms with Gasteiger partial charge in [0.2, 0.25) is 5.88 Å². The van der Waals surface area contributed by atoms with Gasteiger partial charge in [-0.15, -0.1) is 0 Å². The van der Waals surface area contributed by atoms with E-state index < -0.39 is 0 Å². The maximum absolute atomic E-state index is 12.4. The van der Waals surface area contributed by atoms with Crippen LogP contribution in [-0.4, -0.2) is 18.0 Å². The summed E-state index contributed by atoms with van der Waals surface area (Å²) in [7, 11) is 1.62. The van der Waals surface area contributed by atoms with Crippen molar-refractivity contribution in [2.24, 2.45) is 0 Å². The molecule has 0 radical (unpaired) electrons. The maximum atomic E-state index is 12.4. The van der Waals surface area contributed by atoms with Crippen LogP contribution in [0.5, 0.6) is 17.4 Å². The number of benzene rings is 2. The highest BCUT2D eigenvalue weighted by Crippen LogP contribution is 2.20. The van der Waals surface area contributed by atoms with E-state index in [-0.39, 0.29) is 5.91 Å². The van der Waals surface area contributed by atoms with Gasteiger partial charge in [0.25, 0.3) is 5.91 Å². The van der Waals surface area contributed by atoms with Crippen LogP contribution in [0.15, 0.2) is 72.9 Å². The Morgan fingerprint density at radius 3 is 2.64 bits per heavy atom. The molecule has 3 aromatic rings. The minimum Gasteiger partial charge on any atom is -0.497 e. The number of hydrogen-bond donors (Lipinski definition) is 1. The zero-order valence-electron chi connectivity index (χ0n) is 13.8. The molecule has 1 amide bonds. The number of nitrogens with one attached hydrogen (secondary N) is 1. The normalized spacial score (nSPS) is 10.1. The van der Waals surface area contributed by atoms with Gasteiger partial charge in [-0.2, -0.15) is 0 Å². The summed E-state index contributed by atoms with van der Waals surface area (Å²) in [6.45, 7) is 0.418. The average Bonchev–Trinajstić information content (AvgIpc) is 2.67. The van der Waals surface area contributed by atoms with Crippen LogP contribution < -0.4 is 14.8 Å². The van der Waals surface area contributed by atoms with E-state index in [4.69, 9.17) is 9.47 Å². The standard InChI is InChI=1S/C20H18N2O3/c1-24-17-8-4-6-15(12-17)14-22-20(23)16-7-5-9-18(13-16)25-19-10-2-3-11-21-19/h2-13H,14H2,1H3,(H,22,23). The summed E-state index contributed by atoms with van der Waals surface area (Å²) >= 11 is 0. The van der Waals surface area contributed by atoms with Crippen molar-refractivity contribution in [2.45, 2.75) is 6.54 Å². The van der Waals surface area contributed by atoms with E-state index >= 15 is 0 Å². The molecule has 0 bridgehead atoms. The molecule has 0 saturated carbocycles. The molecule has 0 fully saturated rings. The van der Waals surface area contributed by atoms with Gasteiger partial charge in [0.1, 0.15) is 11.5 Å². The molecule has 0 atom stereocenters. The van der Waals surface area contributed by atoms with Gasteiger partial charge < -0.3 is 14.8 Å². The molecule has 3 rings (SSSR count). The topological polar surface area (TPSA) is 60.5 Å². The average molecular weight is 334 g/mol. The minimum absolute atomic E-state index is 0.172. The number of pyridine rings is 1. The molecule has 126 valence electrons. The van der Waals surface area contributed by atoms with E-state index in [0.29, 0.717) is 23.7 Å². The van der Waals surface area contributed by atoms with Gasteiger partial charge in [-0.1, -0.05) is 24.3 Å². The van der Waals surface area contributed by atoms with Crippen LogP contribution in [0.3, 0.4) is 0 Å². The molecule has 1 N–H and O–H groups in total. The number of rotatable bonds is 6. The van der Waals surface area contributed by atoms with Crippen molar-refractivity contribution >= 4 is 5.91 Å². The number of ether oxygens (including phenoxy) is 2. The summed E-state index contributed by atoms with van der Waals surface area (Å²) in [6.07, 6.45) is 1.65. The van der Waals surface area contributed by atoms with E-state index in [1.54, 1.807) is 43.6 Å². The molecule has 0 aliphatic rings. The van der Waals surface area contributed by atoms with Crippen molar-refractivity contribution in [1.82, 2.24) is 10.3 Å².